The summed E-state index contributed by atoms with van der Waals surface area (Å²) in [4.78, 5) is 0.947. The van der Waals surface area contributed by atoms with Crippen molar-refractivity contribution in [1.29, 1.82) is 0 Å². The zero-order chi connectivity index (χ0) is 12.3. The Bertz CT molecular complexity index is 574. The Morgan fingerprint density at radius 3 is 3.00 bits per heavy atom. The predicted molar refractivity (Wildman–Crippen MR) is 64.8 cm³/mol. The van der Waals surface area contributed by atoms with Crippen LogP contribution in [0.2, 0.25) is 0 Å². The van der Waals surface area contributed by atoms with Gasteiger partial charge < -0.3 is 5.73 Å². The molecule has 0 aliphatic carbocycles. The molecule has 0 spiro atoms. The van der Waals surface area contributed by atoms with E-state index in [4.69, 9.17) is 5.73 Å². The van der Waals surface area contributed by atoms with Gasteiger partial charge in [-0.1, -0.05) is 6.07 Å². The summed E-state index contributed by atoms with van der Waals surface area (Å²) in [6, 6.07) is 3.74. The van der Waals surface area contributed by atoms with Crippen molar-refractivity contribution < 1.29 is 8.42 Å². The lowest BCUT2D eigenvalue weighted by Crippen LogP contribution is -2.24. The predicted octanol–water partition coefficient (Wildman–Crippen LogP) is 0.408. The fourth-order valence-electron chi connectivity index (χ4n) is 1.33. The Morgan fingerprint density at radius 2 is 2.35 bits per heavy atom. The third-order valence-corrected chi connectivity index (χ3v) is 4.47. The van der Waals surface area contributed by atoms with E-state index in [0.29, 0.717) is 5.56 Å². The highest BCUT2D eigenvalue weighted by Crippen LogP contribution is 2.13. The Labute approximate surface area is 103 Å². The molecule has 2 rings (SSSR count). The molecule has 0 atom stereocenters. The molecule has 0 aliphatic heterocycles. The first kappa shape index (κ1) is 12.2. The van der Waals surface area contributed by atoms with Gasteiger partial charge in [0.1, 0.15) is 0 Å². The highest BCUT2D eigenvalue weighted by molar-refractivity contribution is 7.89. The maximum atomic E-state index is 11.9. The van der Waals surface area contributed by atoms with Crippen molar-refractivity contribution in [2.45, 2.75) is 18.1 Å². The molecule has 8 heteroatoms. The highest BCUT2D eigenvalue weighted by atomic mass is 32.2. The third kappa shape index (κ3) is 2.72. The monoisotopic (exact) mass is 272 g/mol. The summed E-state index contributed by atoms with van der Waals surface area (Å²) in [6.45, 7) is 0.398. The lowest BCUT2D eigenvalue weighted by atomic mass is 10.4. The molecular formula is C9H12N4O2S2. The number of rotatable bonds is 5. The summed E-state index contributed by atoms with van der Waals surface area (Å²) in [6.07, 6.45) is 1.42. The lowest BCUT2D eigenvalue weighted by Gasteiger charge is -2.04. The van der Waals surface area contributed by atoms with Crippen LogP contribution in [-0.4, -0.2) is 18.6 Å². The standard InChI is InChI=1S/C9H12N4O2S2/c10-4-7-5-11-13-9(7)17(14,15)12-6-8-2-1-3-16-8/h1-3,5,12H,4,6,10H2,(H,11,13). The Balaban J connectivity index is 2.14. The number of sulfonamides is 1. The second kappa shape index (κ2) is 4.96. The zero-order valence-corrected chi connectivity index (χ0v) is 10.5. The lowest BCUT2D eigenvalue weighted by molar-refractivity contribution is 0.576. The van der Waals surface area contributed by atoms with E-state index in [1.54, 1.807) is 0 Å². The Morgan fingerprint density at radius 1 is 1.53 bits per heavy atom. The number of H-pyrrole nitrogens is 1. The van der Waals surface area contributed by atoms with Crippen molar-refractivity contribution in [3.63, 3.8) is 0 Å². The molecule has 0 radical (unpaired) electrons. The molecule has 4 N–H and O–H groups in total. The van der Waals surface area contributed by atoms with Gasteiger partial charge in [0.2, 0.25) is 0 Å². The first-order chi connectivity index (χ1) is 8.13. The minimum absolute atomic E-state index is 0.0385. The molecule has 0 fully saturated rings. The fraction of sp³-hybridized carbons (Fsp3) is 0.222. The van der Waals surface area contributed by atoms with E-state index in [2.05, 4.69) is 14.9 Å². The van der Waals surface area contributed by atoms with Crippen LogP contribution in [0.15, 0.2) is 28.7 Å². The van der Waals surface area contributed by atoms with Crippen LogP contribution in [0, 0.1) is 0 Å². The van der Waals surface area contributed by atoms with Gasteiger partial charge in [0.05, 0.1) is 6.20 Å². The van der Waals surface area contributed by atoms with E-state index in [1.165, 1.54) is 17.5 Å². The number of nitrogens with two attached hydrogens (primary N) is 1. The average Bonchev–Trinajstić information content (AvgIpc) is 2.97. The summed E-state index contributed by atoms with van der Waals surface area (Å²) < 4.78 is 26.4. The van der Waals surface area contributed by atoms with Crippen molar-refractivity contribution in [2.24, 2.45) is 5.73 Å². The summed E-state index contributed by atoms with van der Waals surface area (Å²) >= 11 is 1.49. The molecule has 6 nitrogen and oxygen atoms in total. The minimum atomic E-state index is -3.58. The highest BCUT2D eigenvalue weighted by Gasteiger charge is 2.19. The minimum Gasteiger partial charge on any atom is -0.326 e. The van der Waals surface area contributed by atoms with Crippen molar-refractivity contribution in [2.75, 3.05) is 0 Å². The van der Waals surface area contributed by atoms with Crippen molar-refractivity contribution in [3.8, 4) is 0 Å². The van der Waals surface area contributed by atoms with Crippen molar-refractivity contribution in [3.05, 3.63) is 34.2 Å². The summed E-state index contributed by atoms with van der Waals surface area (Å²) in [5.74, 6) is 0. The van der Waals surface area contributed by atoms with Gasteiger partial charge in [0.15, 0.2) is 5.03 Å². The molecule has 0 aromatic carbocycles. The van der Waals surface area contributed by atoms with Gasteiger partial charge in [0, 0.05) is 23.5 Å². The van der Waals surface area contributed by atoms with Gasteiger partial charge in [-0.3, -0.25) is 5.10 Å². The van der Waals surface area contributed by atoms with Gasteiger partial charge in [-0.15, -0.1) is 11.3 Å². The third-order valence-electron chi connectivity index (χ3n) is 2.18. The maximum Gasteiger partial charge on any atom is 0.258 e. The topological polar surface area (TPSA) is 101 Å². The van der Waals surface area contributed by atoms with Crippen LogP contribution in [0.1, 0.15) is 10.4 Å². The smallest absolute Gasteiger partial charge is 0.258 e. The SMILES string of the molecule is NCc1cn[nH]c1S(=O)(=O)NCc1cccs1. The summed E-state index contributed by atoms with van der Waals surface area (Å²) in [5, 5.41) is 8.07. The van der Waals surface area contributed by atoms with Gasteiger partial charge in [-0.2, -0.15) is 5.10 Å². The largest absolute Gasteiger partial charge is 0.326 e. The summed E-state index contributed by atoms with van der Waals surface area (Å²) in [5.41, 5.74) is 5.91. The van der Waals surface area contributed by atoms with Gasteiger partial charge in [-0.05, 0) is 11.4 Å². The number of aromatic nitrogens is 2. The van der Waals surface area contributed by atoms with Crippen molar-refractivity contribution >= 4 is 21.4 Å². The van der Waals surface area contributed by atoms with Gasteiger partial charge in [-0.25, -0.2) is 13.1 Å². The van der Waals surface area contributed by atoms with Gasteiger partial charge in [0.25, 0.3) is 10.0 Å². The zero-order valence-electron chi connectivity index (χ0n) is 8.88. The molecule has 0 aliphatic rings. The normalized spacial score (nSPS) is 11.8. The first-order valence-corrected chi connectivity index (χ1v) is 7.24. The number of nitrogens with zero attached hydrogens (tertiary/aromatic N) is 1. The van der Waals surface area contributed by atoms with E-state index < -0.39 is 10.0 Å². The second-order valence-electron chi connectivity index (χ2n) is 3.33. The van der Waals surface area contributed by atoms with Crippen LogP contribution in [0.3, 0.4) is 0 Å². The van der Waals surface area contributed by atoms with Crippen LogP contribution in [0.5, 0.6) is 0 Å². The van der Waals surface area contributed by atoms with Crippen LogP contribution in [-0.2, 0) is 23.1 Å². The molecule has 0 saturated heterocycles. The van der Waals surface area contributed by atoms with E-state index in [0.717, 1.165) is 4.88 Å². The van der Waals surface area contributed by atoms with Crippen LogP contribution in [0.25, 0.3) is 0 Å². The molecule has 0 amide bonds. The molecule has 17 heavy (non-hydrogen) atoms. The van der Waals surface area contributed by atoms with Crippen LogP contribution in [0.4, 0.5) is 0 Å². The van der Waals surface area contributed by atoms with E-state index in [1.807, 2.05) is 17.5 Å². The fourth-order valence-corrected chi connectivity index (χ4v) is 3.21. The van der Waals surface area contributed by atoms with Crippen LogP contribution >= 0.6 is 11.3 Å². The molecule has 0 bridgehead atoms. The first-order valence-electron chi connectivity index (χ1n) is 4.88. The quantitative estimate of drug-likeness (QED) is 0.733. The number of thiophene rings is 1. The molecule has 2 heterocycles. The number of hydrogen-bond acceptors (Lipinski definition) is 5. The number of nitrogens with one attached hydrogen (secondary N) is 2. The van der Waals surface area contributed by atoms with Gasteiger partial charge >= 0.3 is 0 Å². The molecule has 0 unspecified atom stereocenters. The molecule has 0 saturated carbocycles. The molecule has 92 valence electrons. The molecule has 2 aromatic heterocycles. The van der Waals surface area contributed by atoms with E-state index in [-0.39, 0.29) is 18.1 Å². The van der Waals surface area contributed by atoms with Crippen LogP contribution < -0.4 is 10.5 Å². The summed E-state index contributed by atoms with van der Waals surface area (Å²) in [7, 11) is -3.58. The Hall–Kier alpha value is -1.22. The average molecular weight is 272 g/mol. The number of hydrogen-bond donors (Lipinski definition) is 3. The molecular weight excluding hydrogens is 260 g/mol. The Kier molecular flexibility index (Phi) is 3.57. The second-order valence-corrected chi connectivity index (χ2v) is 6.07. The number of aromatic amines is 1. The molecule has 2 aromatic rings. The maximum absolute atomic E-state index is 11.9. The van der Waals surface area contributed by atoms with E-state index >= 15 is 0 Å². The van der Waals surface area contributed by atoms with E-state index in [9.17, 15) is 8.42 Å². The van der Waals surface area contributed by atoms with Crippen molar-refractivity contribution in [1.82, 2.24) is 14.9 Å².